The topological polar surface area (TPSA) is 70.7 Å². The van der Waals surface area contributed by atoms with Gasteiger partial charge in [-0.15, -0.1) is 0 Å². The predicted molar refractivity (Wildman–Crippen MR) is 133 cm³/mol. The highest BCUT2D eigenvalue weighted by atomic mass is 32.1. The van der Waals surface area contributed by atoms with Gasteiger partial charge in [0.25, 0.3) is 11.8 Å². The molecule has 2 heterocycles. The molecule has 0 unspecified atom stereocenters. The summed E-state index contributed by atoms with van der Waals surface area (Å²) >= 11 is 1.50. The molecule has 1 fully saturated rings. The molecule has 33 heavy (non-hydrogen) atoms. The van der Waals surface area contributed by atoms with Gasteiger partial charge >= 0.3 is 0 Å². The summed E-state index contributed by atoms with van der Waals surface area (Å²) in [7, 11) is 0. The van der Waals surface area contributed by atoms with Gasteiger partial charge in [-0.25, -0.2) is 0 Å². The monoisotopic (exact) mass is 463 g/mol. The number of rotatable bonds is 8. The third kappa shape index (κ3) is 6.28. The lowest BCUT2D eigenvalue weighted by Crippen LogP contribution is -2.38. The molecule has 172 valence electrons. The van der Waals surface area contributed by atoms with Crippen molar-refractivity contribution < 1.29 is 14.3 Å². The highest BCUT2D eigenvalue weighted by Crippen LogP contribution is 2.27. The Morgan fingerprint density at radius 2 is 1.79 bits per heavy atom. The molecule has 1 saturated heterocycles. The van der Waals surface area contributed by atoms with E-state index >= 15 is 0 Å². The van der Waals surface area contributed by atoms with E-state index in [9.17, 15) is 9.59 Å². The number of aryl methyl sites for hydroxylation is 1. The fraction of sp³-hybridized carbons (Fsp3) is 0.308. The van der Waals surface area contributed by atoms with Gasteiger partial charge in [0.05, 0.1) is 18.8 Å². The number of hydrogen-bond acceptors (Lipinski definition) is 5. The van der Waals surface area contributed by atoms with Crippen molar-refractivity contribution >= 4 is 28.8 Å². The minimum atomic E-state index is -0.119. The Bertz CT molecular complexity index is 1070. The lowest BCUT2D eigenvalue weighted by atomic mass is 9.98. The second-order valence-corrected chi connectivity index (χ2v) is 8.92. The van der Waals surface area contributed by atoms with Gasteiger partial charge in [-0.05, 0) is 72.3 Å². The number of carbonyl (C=O) groups excluding carboxylic acids is 2. The van der Waals surface area contributed by atoms with Crippen molar-refractivity contribution in [2.75, 3.05) is 44.7 Å². The van der Waals surface area contributed by atoms with Crippen LogP contribution in [0, 0.1) is 6.92 Å². The van der Waals surface area contributed by atoms with Crippen LogP contribution in [0.3, 0.4) is 0 Å². The van der Waals surface area contributed by atoms with E-state index in [2.05, 4.69) is 15.5 Å². The molecule has 1 aromatic heterocycles. The van der Waals surface area contributed by atoms with E-state index in [1.54, 1.807) is 0 Å². The van der Waals surface area contributed by atoms with Crippen LogP contribution in [0.25, 0.3) is 11.1 Å². The van der Waals surface area contributed by atoms with Crippen molar-refractivity contribution in [3.05, 3.63) is 76.0 Å². The van der Waals surface area contributed by atoms with Crippen LogP contribution in [-0.2, 0) is 4.74 Å². The van der Waals surface area contributed by atoms with Gasteiger partial charge in [0, 0.05) is 36.3 Å². The molecule has 2 aromatic carbocycles. The number of amides is 2. The summed E-state index contributed by atoms with van der Waals surface area (Å²) in [6.07, 6.45) is 0.924. The molecular formula is C26H29N3O3S. The number of hydrogen-bond donors (Lipinski definition) is 2. The Balaban J connectivity index is 1.34. The summed E-state index contributed by atoms with van der Waals surface area (Å²) in [4.78, 5) is 27.2. The smallest absolute Gasteiger partial charge is 0.256 e. The normalized spacial score (nSPS) is 14.1. The second-order valence-electron chi connectivity index (χ2n) is 8.14. The van der Waals surface area contributed by atoms with Gasteiger partial charge in [-0.3, -0.25) is 14.5 Å². The number of benzene rings is 2. The lowest BCUT2D eigenvalue weighted by Gasteiger charge is -2.26. The van der Waals surface area contributed by atoms with Crippen molar-refractivity contribution in [1.29, 1.82) is 0 Å². The summed E-state index contributed by atoms with van der Waals surface area (Å²) in [5.74, 6) is -0.177. The van der Waals surface area contributed by atoms with Gasteiger partial charge in [0.2, 0.25) is 0 Å². The molecule has 0 spiro atoms. The minimum absolute atomic E-state index is 0.0583. The number of nitrogens with zero attached hydrogens (tertiary/aromatic N) is 1. The number of thiophene rings is 1. The average Bonchev–Trinajstić information content (AvgIpc) is 3.39. The average molecular weight is 464 g/mol. The van der Waals surface area contributed by atoms with Gasteiger partial charge in [-0.1, -0.05) is 18.2 Å². The number of nitrogens with one attached hydrogen (secondary N) is 2. The van der Waals surface area contributed by atoms with E-state index in [1.807, 2.05) is 66.2 Å². The molecule has 2 N–H and O–H groups in total. The first-order chi connectivity index (χ1) is 16.1. The van der Waals surface area contributed by atoms with Crippen molar-refractivity contribution in [3.63, 3.8) is 0 Å². The van der Waals surface area contributed by atoms with E-state index in [0.29, 0.717) is 17.7 Å². The van der Waals surface area contributed by atoms with E-state index < -0.39 is 0 Å². The maximum atomic E-state index is 12.5. The van der Waals surface area contributed by atoms with Crippen molar-refractivity contribution in [1.82, 2.24) is 10.2 Å². The first-order valence-corrected chi connectivity index (χ1v) is 12.2. The van der Waals surface area contributed by atoms with E-state index in [4.69, 9.17) is 4.74 Å². The van der Waals surface area contributed by atoms with Crippen LogP contribution in [0.5, 0.6) is 0 Å². The summed E-state index contributed by atoms with van der Waals surface area (Å²) < 4.78 is 5.36. The molecule has 0 atom stereocenters. The van der Waals surface area contributed by atoms with Crippen LogP contribution in [0.4, 0.5) is 5.69 Å². The van der Waals surface area contributed by atoms with Gasteiger partial charge in [-0.2, -0.15) is 11.3 Å². The molecule has 0 bridgehead atoms. The molecule has 1 aliphatic heterocycles. The standard InChI is InChI=1S/C26H29N3O3S/c1-19-3-8-23(28-26(31)22-9-16-33-18-22)17-24(19)20-4-6-21(7-5-20)25(30)27-10-2-11-29-12-14-32-15-13-29/h3-9,16-18H,2,10-15H2,1H3,(H,27,30)(H,28,31). The maximum absolute atomic E-state index is 12.5. The van der Waals surface area contributed by atoms with E-state index in [0.717, 1.165) is 61.6 Å². The van der Waals surface area contributed by atoms with Crippen LogP contribution in [0.2, 0.25) is 0 Å². The SMILES string of the molecule is Cc1ccc(NC(=O)c2ccsc2)cc1-c1ccc(C(=O)NCCCN2CCOCC2)cc1. The van der Waals surface area contributed by atoms with Crippen LogP contribution in [0.15, 0.2) is 59.3 Å². The summed E-state index contributed by atoms with van der Waals surface area (Å²) in [5, 5.41) is 9.68. The van der Waals surface area contributed by atoms with Crippen LogP contribution >= 0.6 is 11.3 Å². The maximum Gasteiger partial charge on any atom is 0.256 e. The molecule has 4 rings (SSSR count). The molecule has 7 heteroatoms. The Morgan fingerprint density at radius 1 is 1.00 bits per heavy atom. The largest absolute Gasteiger partial charge is 0.379 e. The van der Waals surface area contributed by atoms with Crippen molar-refractivity contribution in [3.8, 4) is 11.1 Å². The van der Waals surface area contributed by atoms with Crippen LogP contribution in [0.1, 0.15) is 32.7 Å². The molecule has 0 aliphatic carbocycles. The quantitative estimate of drug-likeness (QED) is 0.485. The van der Waals surface area contributed by atoms with E-state index in [-0.39, 0.29) is 11.8 Å². The lowest BCUT2D eigenvalue weighted by molar-refractivity contribution is 0.0374. The van der Waals surface area contributed by atoms with Crippen molar-refractivity contribution in [2.45, 2.75) is 13.3 Å². The first kappa shape index (κ1) is 23.2. The van der Waals surface area contributed by atoms with Gasteiger partial charge < -0.3 is 15.4 Å². The molecule has 1 aliphatic rings. The number of carbonyl (C=O) groups is 2. The Labute approximate surface area is 198 Å². The van der Waals surface area contributed by atoms with Crippen LogP contribution < -0.4 is 10.6 Å². The number of anilines is 1. The minimum Gasteiger partial charge on any atom is -0.379 e. The van der Waals surface area contributed by atoms with Gasteiger partial charge in [0.15, 0.2) is 0 Å². The Hall–Kier alpha value is -3.00. The summed E-state index contributed by atoms with van der Waals surface area (Å²) in [5.41, 5.74) is 5.17. The third-order valence-electron chi connectivity index (χ3n) is 5.78. The highest BCUT2D eigenvalue weighted by Gasteiger charge is 2.12. The van der Waals surface area contributed by atoms with E-state index in [1.165, 1.54) is 11.3 Å². The van der Waals surface area contributed by atoms with Gasteiger partial charge in [0.1, 0.15) is 0 Å². The first-order valence-electron chi connectivity index (χ1n) is 11.2. The summed E-state index contributed by atoms with van der Waals surface area (Å²) in [6.45, 7) is 7.18. The second kappa shape index (κ2) is 11.2. The van der Waals surface area contributed by atoms with Crippen molar-refractivity contribution in [2.24, 2.45) is 0 Å². The Kier molecular flexibility index (Phi) is 7.88. The number of morpholine rings is 1. The fourth-order valence-corrected chi connectivity index (χ4v) is 4.48. The zero-order valence-corrected chi connectivity index (χ0v) is 19.6. The molecule has 0 radical (unpaired) electrons. The van der Waals surface area contributed by atoms with Crippen LogP contribution in [-0.4, -0.2) is 56.1 Å². The zero-order chi connectivity index (χ0) is 23.0. The molecule has 6 nitrogen and oxygen atoms in total. The third-order valence-corrected chi connectivity index (χ3v) is 6.46. The fourth-order valence-electron chi connectivity index (χ4n) is 3.84. The molecule has 3 aromatic rings. The Morgan fingerprint density at radius 3 is 2.52 bits per heavy atom. The predicted octanol–water partition coefficient (Wildman–Crippen LogP) is 4.43. The molecule has 0 saturated carbocycles. The highest BCUT2D eigenvalue weighted by molar-refractivity contribution is 7.08. The number of ether oxygens (including phenoxy) is 1. The summed E-state index contributed by atoms with van der Waals surface area (Å²) in [6, 6.07) is 15.3. The molecule has 2 amide bonds. The zero-order valence-electron chi connectivity index (χ0n) is 18.8. The molecular weight excluding hydrogens is 434 g/mol.